The molecule has 3 aromatic carbocycles. The lowest BCUT2D eigenvalue weighted by Crippen LogP contribution is -2.42. The van der Waals surface area contributed by atoms with Crippen LogP contribution in [0.4, 0.5) is 0 Å². The molecule has 3 rings (SSSR count). The van der Waals surface area contributed by atoms with Crippen LogP contribution in [0.5, 0.6) is 0 Å². The fourth-order valence-corrected chi connectivity index (χ4v) is 4.42. The van der Waals surface area contributed by atoms with Gasteiger partial charge in [0.2, 0.25) is 0 Å². The van der Waals surface area contributed by atoms with Gasteiger partial charge in [-0.25, -0.2) is 0 Å². The SMILES string of the molecule is CCN(CCCO)CCCC(C(=O)OCc1ccccc1)N(Cc1ccccc1)Cc1ccccc1. The molecular formula is C31H40N2O3. The van der Waals surface area contributed by atoms with E-state index in [2.05, 4.69) is 41.0 Å². The molecule has 1 atom stereocenters. The Labute approximate surface area is 216 Å². The zero-order chi connectivity index (χ0) is 25.4. The minimum atomic E-state index is -0.356. The third-order valence-corrected chi connectivity index (χ3v) is 6.43. The summed E-state index contributed by atoms with van der Waals surface area (Å²) in [6.07, 6.45) is 2.36. The van der Waals surface area contributed by atoms with Crippen molar-refractivity contribution in [3.63, 3.8) is 0 Å². The molecular weight excluding hydrogens is 448 g/mol. The number of aliphatic hydroxyl groups excluding tert-OH is 1. The van der Waals surface area contributed by atoms with Crippen molar-refractivity contribution in [1.29, 1.82) is 0 Å². The second kappa shape index (κ2) is 15.9. The molecule has 0 aromatic heterocycles. The van der Waals surface area contributed by atoms with Crippen molar-refractivity contribution in [3.05, 3.63) is 108 Å². The predicted molar refractivity (Wildman–Crippen MR) is 145 cm³/mol. The van der Waals surface area contributed by atoms with Crippen LogP contribution in [-0.4, -0.2) is 53.2 Å². The first kappa shape index (κ1) is 27.6. The van der Waals surface area contributed by atoms with E-state index in [1.165, 1.54) is 11.1 Å². The summed E-state index contributed by atoms with van der Waals surface area (Å²) in [6.45, 7) is 6.65. The number of aliphatic hydroxyl groups is 1. The maximum absolute atomic E-state index is 13.5. The Morgan fingerprint density at radius 1 is 0.778 bits per heavy atom. The van der Waals surface area contributed by atoms with Gasteiger partial charge in [-0.1, -0.05) is 97.9 Å². The maximum atomic E-state index is 13.5. The first-order valence-corrected chi connectivity index (χ1v) is 13.0. The van der Waals surface area contributed by atoms with Crippen molar-refractivity contribution in [1.82, 2.24) is 9.80 Å². The van der Waals surface area contributed by atoms with E-state index in [0.717, 1.165) is 38.0 Å². The van der Waals surface area contributed by atoms with Crippen LogP contribution < -0.4 is 0 Å². The lowest BCUT2D eigenvalue weighted by atomic mass is 10.1. The quantitative estimate of drug-likeness (QED) is 0.278. The highest BCUT2D eigenvalue weighted by atomic mass is 16.5. The average molecular weight is 489 g/mol. The number of nitrogens with zero attached hydrogens (tertiary/aromatic N) is 2. The van der Waals surface area contributed by atoms with Gasteiger partial charge in [-0.2, -0.15) is 0 Å². The Hall–Kier alpha value is -2.99. The van der Waals surface area contributed by atoms with Crippen molar-refractivity contribution in [2.45, 2.75) is 51.9 Å². The van der Waals surface area contributed by atoms with Gasteiger partial charge >= 0.3 is 5.97 Å². The Morgan fingerprint density at radius 3 is 1.78 bits per heavy atom. The van der Waals surface area contributed by atoms with Crippen LogP contribution >= 0.6 is 0 Å². The Kier molecular flexibility index (Phi) is 12.2. The van der Waals surface area contributed by atoms with Crippen LogP contribution in [0, 0.1) is 0 Å². The summed E-state index contributed by atoms with van der Waals surface area (Å²) in [5.41, 5.74) is 3.34. The Balaban J connectivity index is 1.77. The summed E-state index contributed by atoms with van der Waals surface area (Å²) < 4.78 is 5.87. The Morgan fingerprint density at radius 2 is 1.28 bits per heavy atom. The average Bonchev–Trinajstić information content (AvgIpc) is 2.93. The summed E-state index contributed by atoms with van der Waals surface area (Å²) in [4.78, 5) is 18.1. The molecule has 0 heterocycles. The van der Waals surface area contributed by atoms with Crippen LogP contribution in [-0.2, 0) is 29.2 Å². The second-order valence-corrected chi connectivity index (χ2v) is 9.14. The molecule has 3 aromatic rings. The van der Waals surface area contributed by atoms with Crippen molar-refractivity contribution in [3.8, 4) is 0 Å². The van der Waals surface area contributed by atoms with Gasteiger partial charge in [0.05, 0.1) is 0 Å². The summed E-state index contributed by atoms with van der Waals surface area (Å²) in [5.74, 6) is -0.177. The minimum Gasteiger partial charge on any atom is -0.460 e. The van der Waals surface area contributed by atoms with Crippen LogP contribution in [0.1, 0.15) is 42.9 Å². The van der Waals surface area contributed by atoms with E-state index in [1.54, 1.807) is 0 Å². The van der Waals surface area contributed by atoms with Crippen molar-refractivity contribution in [2.24, 2.45) is 0 Å². The third kappa shape index (κ3) is 9.57. The van der Waals surface area contributed by atoms with Crippen molar-refractivity contribution in [2.75, 3.05) is 26.2 Å². The zero-order valence-corrected chi connectivity index (χ0v) is 21.5. The van der Waals surface area contributed by atoms with E-state index in [-0.39, 0.29) is 25.2 Å². The van der Waals surface area contributed by atoms with E-state index >= 15 is 0 Å². The third-order valence-electron chi connectivity index (χ3n) is 6.43. The topological polar surface area (TPSA) is 53.0 Å². The molecule has 0 fully saturated rings. The van der Waals surface area contributed by atoms with E-state index in [4.69, 9.17) is 4.74 Å². The molecule has 0 radical (unpaired) electrons. The molecule has 5 nitrogen and oxygen atoms in total. The minimum absolute atomic E-state index is 0.177. The predicted octanol–water partition coefficient (Wildman–Crippen LogP) is 5.29. The Bertz CT molecular complexity index is 941. The van der Waals surface area contributed by atoms with Gasteiger partial charge in [0.1, 0.15) is 12.6 Å². The smallest absolute Gasteiger partial charge is 0.323 e. The number of esters is 1. The van der Waals surface area contributed by atoms with E-state index in [1.807, 2.05) is 66.7 Å². The summed E-state index contributed by atoms with van der Waals surface area (Å²) >= 11 is 0. The largest absolute Gasteiger partial charge is 0.460 e. The lowest BCUT2D eigenvalue weighted by Gasteiger charge is -2.31. The molecule has 36 heavy (non-hydrogen) atoms. The molecule has 0 amide bonds. The highest BCUT2D eigenvalue weighted by Gasteiger charge is 2.28. The van der Waals surface area contributed by atoms with E-state index in [9.17, 15) is 9.90 Å². The summed E-state index contributed by atoms with van der Waals surface area (Å²) in [6, 6.07) is 30.1. The molecule has 0 aliphatic rings. The monoisotopic (exact) mass is 488 g/mol. The van der Waals surface area contributed by atoms with Gasteiger partial charge in [-0.05, 0) is 49.0 Å². The molecule has 0 saturated carbocycles. The molecule has 0 aliphatic heterocycles. The molecule has 0 aliphatic carbocycles. The van der Waals surface area contributed by atoms with Gasteiger partial charge in [0.15, 0.2) is 0 Å². The highest BCUT2D eigenvalue weighted by molar-refractivity contribution is 5.75. The lowest BCUT2D eigenvalue weighted by molar-refractivity contribution is -0.152. The number of carbonyl (C=O) groups is 1. The summed E-state index contributed by atoms with van der Waals surface area (Å²) in [5, 5.41) is 9.21. The number of hydrogen-bond donors (Lipinski definition) is 1. The van der Waals surface area contributed by atoms with Crippen LogP contribution in [0.3, 0.4) is 0 Å². The molecule has 0 spiro atoms. The molecule has 5 heteroatoms. The van der Waals surface area contributed by atoms with Crippen molar-refractivity contribution >= 4 is 5.97 Å². The molecule has 0 saturated heterocycles. The molecule has 1 N–H and O–H groups in total. The number of hydrogen-bond acceptors (Lipinski definition) is 5. The van der Waals surface area contributed by atoms with Gasteiger partial charge in [-0.3, -0.25) is 9.69 Å². The second-order valence-electron chi connectivity index (χ2n) is 9.14. The number of rotatable bonds is 16. The van der Waals surface area contributed by atoms with Gasteiger partial charge in [0.25, 0.3) is 0 Å². The zero-order valence-electron chi connectivity index (χ0n) is 21.5. The van der Waals surface area contributed by atoms with Crippen LogP contribution in [0.2, 0.25) is 0 Å². The summed E-state index contributed by atoms with van der Waals surface area (Å²) in [7, 11) is 0. The maximum Gasteiger partial charge on any atom is 0.323 e. The van der Waals surface area contributed by atoms with Gasteiger partial charge < -0.3 is 14.7 Å². The number of ether oxygens (including phenoxy) is 1. The van der Waals surface area contributed by atoms with Gasteiger partial charge in [-0.15, -0.1) is 0 Å². The van der Waals surface area contributed by atoms with Crippen LogP contribution in [0.15, 0.2) is 91.0 Å². The standard InChI is InChI=1S/C31H40N2O3/c1-2-32(22-13-23-34)21-12-20-30(31(35)36-26-29-18-10-5-11-19-29)33(24-27-14-6-3-7-15-27)25-28-16-8-4-9-17-28/h3-11,14-19,30,34H,2,12-13,20-26H2,1H3. The first-order valence-electron chi connectivity index (χ1n) is 13.0. The molecule has 192 valence electrons. The first-order chi connectivity index (χ1) is 17.7. The number of benzene rings is 3. The van der Waals surface area contributed by atoms with E-state index < -0.39 is 0 Å². The van der Waals surface area contributed by atoms with Gasteiger partial charge in [0, 0.05) is 26.2 Å². The fourth-order valence-electron chi connectivity index (χ4n) is 4.42. The fraction of sp³-hybridized carbons (Fsp3) is 0.387. The van der Waals surface area contributed by atoms with Crippen LogP contribution in [0.25, 0.3) is 0 Å². The normalized spacial score (nSPS) is 12.1. The molecule has 1 unspecified atom stereocenters. The van der Waals surface area contributed by atoms with Crippen molar-refractivity contribution < 1.29 is 14.6 Å². The molecule has 0 bridgehead atoms. The number of carbonyl (C=O) groups excluding carboxylic acids is 1. The highest BCUT2D eigenvalue weighted by Crippen LogP contribution is 2.19. The van der Waals surface area contributed by atoms with E-state index in [0.29, 0.717) is 19.5 Å².